The average Bonchev–Trinajstić information content (AvgIpc) is 2.29. The van der Waals surface area contributed by atoms with Gasteiger partial charge >= 0.3 is 0 Å². The fourth-order valence-electron chi connectivity index (χ4n) is 1.28. The van der Waals surface area contributed by atoms with Gasteiger partial charge in [-0.05, 0) is 24.1 Å². The highest BCUT2D eigenvalue weighted by atomic mass is 16.5. The van der Waals surface area contributed by atoms with Crippen molar-refractivity contribution in [1.29, 1.82) is 0 Å². The minimum absolute atomic E-state index is 0.145. The highest BCUT2D eigenvalue weighted by molar-refractivity contribution is 5.28. The molecular formula is C12H18O3. The summed E-state index contributed by atoms with van der Waals surface area (Å²) >= 11 is 0. The second kappa shape index (κ2) is 6.43. The fraction of sp³-hybridized carbons (Fsp3) is 0.500. The maximum Gasteiger partial charge on any atom is 0.119 e. The topological polar surface area (TPSA) is 49.7 Å². The van der Waals surface area contributed by atoms with Gasteiger partial charge < -0.3 is 14.9 Å². The Morgan fingerprint density at radius 1 is 1.27 bits per heavy atom. The van der Waals surface area contributed by atoms with Crippen LogP contribution >= 0.6 is 0 Å². The normalized spacial score (nSPS) is 12.5. The summed E-state index contributed by atoms with van der Waals surface area (Å²) in [5.74, 6) is 0.774. The largest absolute Gasteiger partial charge is 0.494 e. The average molecular weight is 210 g/mol. The molecule has 0 aliphatic carbocycles. The summed E-state index contributed by atoms with van der Waals surface area (Å²) in [6.45, 7) is 2.61. The van der Waals surface area contributed by atoms with E-state index < -0.39 is 6.10 Å². The Balaban J connectivity index is 2.49. The number of ether oxygens (including phenoxy) is 1. The van der Waals surface area contributed by atoms with Gasteiger partial charge in [-0.3, -0.25) is 0 Å². The van der Waals surface area contributed by atoms with Crippen LogP contribution in [0.2, 0.25) is 0 Å². The van der Waals surface area contributed by atoms with Gasteiger partial charge in [0.25, 0.3) is 0 Å². The minimum Gasteiger partial charge on any atom is -0.494 e. The lowest BCUT2D eigenvalue weighted by molar-refractivity contribution is 0.173. The highest BCUT2D eigenvalue weighted by Gasteiger charge is 2.03. The van der Waals surface area contributed by atoms with Crippen molar-refractivity contribution >= 4 is 0 Å². The van der Waals surface area contributed by atoms with Gasteiger partial charge in [-0.15, -0.1) is 0 Å². The van der Waals surface area contributed by atoms with E-state index in [2.05, 4.69) is 0 Å². The van der Waals surface area contributed by atoms with Gasteiger partial charge in [0, 0.05) is 13.0 Å². The first kappa shape index (κ1) is 12.0. The van der Waals surface area contributed by atoms with Crippen molar-refractivity contribution in [3.8, 4) is 5.75 Å². The first-order chi connectivity index (χ1) is 7.27. The van der Waals surface area contributed by atoms with E-state index in [0.717, 1.165) is 11.3 Å². The standard InChI is InChI=1S/C12H18O3/c1-2-12(14)10-4-6-11(7-5-10)15-9-3-8-13/h4-7,12-14H,2-3,8-9H2,1H3. The molecule has 0 saturated heterocycles. The zero-order valence-corrected chi connectivity index (χ0v) is 9.02. The molecule has 0 aliphatic rings. The number of aliphatic hydroxyl groups excluding tert-OH is 2. The lowest BCUT2D eigenvalue weighted by Crippen LogP contribution is -2.00. The van der Waals surface area contributed by atoms with Crippen LogP contribution in [-0.4, -0.2) is 23.4 Å². The Hall–Kier alpha value is -1.06. The van der Waals surface area contributed by atoms with E-state index in [1.807, 2.05) is 31.2 Å². The van der Waals surface area contributed by atoms with Crippen LogP contribution in [0.1, 0.15) is 31.4 Å². The molecular weight excluding hydrogens is 192 g/mol. The van der Waals surface area contributed by atoms with Crippen molar-refractivity contribution in [2.45, 2.75) is 25.9 Å². The predicted octanol–water partition coefficient (Wildman–Crippen LogP) is 1.89. The Bertz CT molecular complexity index is 269. The van der Waals surface area contributed by atoms with Crippen molar-refractivity contribution in [1.82, 2.24) is 0 Å². The van der Waals surface area contributed by atoms with Crippen LogP contribution in [0.5, 0.6) is 5.75 Å². The summed E-state index contributed by atoms with van der Waals surface area (Å²) in [4.78, 5) is 0. The van der Waals surface area contributed by atoms with Crippen molar-refractivity contribution in [2.24, 2.45) is 0 Å². The van der Waals surface area contributed by atoms with Gasteiger partial charge in [0.1, 0.15) is 5.75 Å². The van der Waals surface area contributed by atoms with Gasteiger partial charge in [0.15, 0.2) is 0 Å². The zero-order valence-electron chi connectivity index (χ0n) is 9.02. The molecule has 15 heavy (non-hydrogen) atoms. The molecule has 1 aromatic carbocycles. The highest BCUT2D eigenvalue weighted by Crippen LogP contribution is 2.19. The van der Waals surface area contributed by atoms with Crippen LogP contribution in [0.25, 0.3) is 0 Å². The first-order valence-electron chi connectivity index (χ1n) is 5.29. The van der Waals surface area contributed by atoms with Gasteiger partial charge in [-0.2, -0.15) is 0 Å². The smallest absolute Gasteiger partial charge is 0.119 e. The predicted molar refractivity (Wildman–Crippen MR) is 58.9 cm³/mol. The summed E-state index contributed by atoms with van der Waals surface area (Å²) in [6, 6.07) is 7.40. The molecule has 3 heteroatoms. The van der Waals surface area contributed by atoms with Gasteiger partial charge in [0.2, 0.25) is 0 Å². The molecule has 0 heterocycles. The van der Waals surface area contributed by atoms with E-state index in [4.69, 9.17) is 9.84 Å². The molecule has 0 saturated carbocycles. The molecule has 0 fully saturated rings. The summed E-state index contributed by atoms with van der Waals surface area (Å²) in [6.07, 6.45) is 0.959. The Morgan fingerprint density at radius 2 is 1.93 bits per heavy atom. The van der Waals surface area contributed by atoms with E-state index in [1.54, 1.807) is 0 Å². The molecule has 2 N–H and O–H groups in total. The third-order valence-corrected chi connectivity index (χ3v) is 2.22. The summed E-state index contributed by atoms with van der Waals surface area (Å²) in [5.41, 5.74) is 0.909. The molecule has 0 spiro atoms. The zero-order chi connectivity index (χ0) is 11.1. The van der Waals surface area contributed by atoms with E-state index in [-0.39, 0.29) is 6.61 Å². The van der Waals surface area contributed by atoms with Crippen LogP contribution in [0.15, 0.2) is 24.3 Å². The number of benzene rings is 1. The molecule has 1 atom stereocenters. The monoisotopic (exact) mass is 210 g/mol. The van der Waals surface area contributed by atoms with Crippen molar-refractivity contribution in [2.75, 3.05) is 13.2 Å². The van der Waals surface area contributed by atoms with Crippen LogP contribution in [0.3, 0.4) is 0 Å². The van der Waals surface area contributed by atoms with Crippen molar-refractivity contribution < 1.29 is 14.9 Å². The van der Waals surface area contributed by atoms with Crippen molar-refractivity contribution in [3.63, 3.8) is 0 Å². The number of rotatable bonds is 6. The molecule has 1 aromatic rings. The first-order valence-corrected chi connectivity index (χ1v) is 5.29. The number of hydrogen-bond donors (Lipinski definition) is 2. The summed E-state index contributed by atoms with van der Waals surface area (Å²) in [7, 11) is 0. The van der Waals surface area contributed by atoms with Crippen LogP contribution in [0, 0.1) is 0 Å². The van der Waals surface area contributed by atoms with Crippen LogP contribution in [0.4, 0.5) is 0 Å². The lowest BCUT2D eigenvalue weighted by Gasteiger charge is -2.09. The maximum atomic E-state index is 9.56. The summed E-state index contributed by atoms with van der Waals surface area (Å²) < 4.78 is 5.37. The quantitative estimate of drug-likeness (QED) is 0.705. The molecule has 0 radical (unpaired) electrons. The second-order valence-corrected chi connectivity index (χ2v) is 3.42. The van der Waals surface area contributed by atoms with Crippen molar-refractivity contribution in [3.05, 3.63) is 29.8 Å². The summed E-state index contributed by atoms with van der Waals surface area (Å²) in [5, 5.41) is 18.1. The van der Waals surface area contributed by atoms with Gasteiger partial charge in [-0.25, -0.2) is 0 Å². The third kappa shape index (κ3) is 3.90. The minimum atomic E-state index is -0.392. The molecule has 0 bridgehead atoms. The van der Waals surface area contributed by atoms with Crippen LogP contribution in [-0.2, 0) is 0 Å². The molecule has 1 unspecified atom stereocenters. The molecule has 0 aromatic heterocycles. The van der Waals surface area contributed by atoms with Crippen LogP contribution < -0.4 is 4.74 Å². The fourth-order valence-corrected chi connectivity index (χ4v) is 1.28. The van der Waals surface area contributed by atoms with E-state index in [9.17, 15) is 5.11 Å². The van der Waals surface area contributed by atoms with E-state index >= 15 is 0 Å². The lowest BCUT2D eigenvalue weighted by atomic mass is 10.1. The Morgan fingerprint density at radius 3 is 2.47 bits per heavy atom. The molecule has 84 valence electrons. The molecule has 1 rings (SSSR count). The van der Waals surface area contributed by atoms with E-state index in [1.165, 1.54) is 0 Å². The molecule has 3 nitrogen and oxygen atoms in total. The number of aliphatic hydroxyl groups is 2. The molecule has 0 amide bonds. The van der Waals surface area contributed by atoms with Gasteiger partial charge in [-0.1, -0.05) is 19.1 Å². The Labute approximate surface area is 90.3 Å². The third-order valence-electron chi connectivity index (χ3n) is 2.22. The Kier molecular flexibility index (Phi) is 5.15. The number of hydrogen-bond acceptors (Lipinski definition) is 3. The maximum absolute atomic E-state index is 9.56. The van der Waals surface area contributed by atoms with E-state index in [0.29, 0.717) is 19.4 Å². The van der Waals surface area contributed by atoms with Gasteiger partial charge in [0.05, 0.1) is 12.7 Å². The molecule has 0 aliphatic heterocycles. The second-order valence-electron chi connectivity index (χ2n) is 3.42. The SMILES string of the molecule is CCC(O)c1ccc(OCCCO)cc1.